The number of carbonyl (C=O) groups is 2. The van der Waals surface area contributed by atoms with E-state index in [0.29, 0.717) is 17.3 Å². The third-order valence-electron chi connectivity index (χ3n) is 6.06. The Morgan fingerprint density at radius 1 is 1.19 bits per heavy atom. The molecular formula is C26H22Cl2N4O5. The van der Waals surface area contributed by atoms with E-state index < -0.39 is 11.9 Å². The van der Waals surface area contributed by atoms with Crippen molar-refractivity contribution in [2.75, 3.05) is 13.2 Å². The van der Waals surface area contributed by atoms with Crippen LogP contribution in [0.4, 0.5) is 0 Å². The molecule has 4 aromatic rings. The number of ether oxygens (including phenoxy) is 2. The molecule has 11 heteroatoms. The van der Waals surface area contributed by atoms with Crippen LogP contribution < -0.4 is 11.0 Å². The van der Waals surface area contributed by atoms with Crippen LogP contribution in [0.5, 0.6) is 0 Å². The Morgan fingerprint density at radius 3 is 2.78 bits per heavy atom. The zero-order valence-corrected chi connectivity index (χ0v) is 21.3. The van der Waals surface area contributed by atoms with Crippen LogP contribution in [-0.2, 0) is 16.0 Å². The molecule has 0 spiro atoms. The first-order valence-electron chi connectivity index (χ1n) is 11.7. The third-order valence-corrected chi connectivity index (χ3v) is 6.63. The number of nitrogens with zero attached hydrogens (tertiary/aromatic N) is 4. The number of amides is 1. The summed E-state index contributed by atoms with van der Waals surface area (Å²) < 4.78 is 14.1. The number of benzene rings is 1. The standard InChI is InChI=1S/C26H22Cl2N4O5/c1-2-36-26(35)19-13-18-22(29-21-7-3-4-10-31(21)25(18)34)32(14-16-6-5-11-37-16)23(19)30-24(33)17-12-15(27)8-9-20(17)28/h3-4,7-10,12-13,16H,2,5-6,11,14H2,1H3. The Hall–Kier alpha value is -3.53. The van der Waals surface area contributed by atoms with Gasteiger partial charge in [0.25, 0.3) is 11.5 Å². The van der Waals surface area contributed by atoms with E-state index in [0.717, 1.165) is 12.8 Å². The number of halogens is 2. The molecule has 0 aliphatic carbocycles. The molecular weight excluding hydrogens is 519 g/mol. The number of rotatable bonds is 5. The van der Waals surface area contributed by atoms with Crippen molar-refractivity contribution in [1.29, 1.82) is 0 Å². The van der Waals surface area contributed by atoms with Crippen molar-refractivity contribution in [3.05, 3.63) is 85.7 Å². The van der Waals surface area contributed by atoms with Gasteiger partial charge in [-0.05, 0) is 56.2 Å². The number of pyridine rings is 2. The Balaban J connectivity index is 1.87. The number of fused-ring (bicyclic) bond motifs is 2. The van der Waals surface area contributed by atoms with E-state index in [2.05, 4.69) is 4.99 Å². The van der Waals surface area contributed by atoms with Crippen molar-refractivity contribution < 1.29 is 19.1 Å². The van der Waals surface area contributed by atoms with Crippen molar-refractivity contribution in [2.45, 2.75) is 32.4 Å². The Kier molecular flexibility index (Phi) is 7.10. The van der Waals surface area contributed by atoms with Crippen LogP contribution in [0.3, 0.4) is 0 Å². The highest BCUT2D eigenvalue weighted by atomic mass is 35.5. The highest BCUT2D eigenvalue weighted by Crippen LogP contribution is 2.22. The van der Waals surface area contributed by atoms with Crippen molar-refractivity contribution in [3.63, 3.8) is 0 Å². The topological polar surface area (TPSA) is 104 Å². The molecule has 0 N–H and O–H groups in total. The van der Waals surface area contributed by atoms with E-state index in [1.165, 1.54) is 22.6 Å². The van der Waals surface area contributed by atoms with E-state index in [4.69, 9.17) is 37.7 Å². The predicted octanol–water partition coefficient (Wildman–Crippen LogP) is 4.05. The van der Waals surface area contributed by atoms with Gasteiger partial charge in [0.1, 0.15) is 16.9 Å². The van der Waals surface area contributed by atoms with E-state index in [1.54, 1.807) is 42.0 Å². The van der Waals surface area contributed by atoms with Crippen LogP contribution in [-0.4, -0.2) is 45.1 Å². The molecule has 1 amide bonds. The van der Waals surface area contributed by atoms with Gasteiger partial charge in [-0.15, -0.1) is 0 Å². The Morgan fingerprint density at radius 2 is 2.03 bits per heavy atom. The normalized spacial score (nSPS) is 16.0. The fourth-order valence-electron chi connectivity index (χ4n) is 4.34. The van der Waals surface area contributed by atoms with Crippen molar-refractivity contribution in [3.8, 4) is 0 Å². The molecule has 190 valence electrons. The summed E-state index contributed by atoms with van der Waals surface area (Å²) in [6, 6.07) is 11.0. The van der Waals surface area contributed by atoms with Crippen LogP contribution in [0.25, 0.3) is 16.7 Å². The fraction of sp³-hybridized carbons (Fsp3) is 0.269. The minimum Gasteiger partial charge on any atom is -0.462 e. The maximum atomic E-state index is 13.4. The lowest BCUT2D eigenvalue weighted by atomic mass is 10.1. The van der Waals surface area contributed by atoms with Crippen molar-refractivity contribution in [1.82, 2.24) is 14.0 Å². The molecule has 1 aromatic carbocycles. The first-order valence-corrected chi connectivity index (χ1v) is 12.5. The molecule has 1 aliphatic rings. The first-order chi connectivity index (χ1) is 17.9. The molecule has 1 atom stereocenters. The first kappa shape index (κ1) is 25.1. The summed E-state index contributed by atoms with van der Waals surface area (Å²) in [5, 5.41) is 0.641. The Bertz CT molecular complexity index is 1670. The second-order valence-electron chi connectivity index (χ2n) is 8.47. The molecule has 5 rings (SSSR count). The van der Waals surface area contributed by atoms with Crippen LogP contribution in [0, 0.1) is 0 Å². The van der Waals surface area contributed by atoms with E-state index >= 15 is 0 Å². The summed E-state index contributed by atoms with van der Waals surface area (Å²) in [5.41, 5.74) is 0.314. The largest absolute Gasteiger partial charge is 0.462 e. The lowest BCUT2D eigenvalue weighted by Crippen LogP contribution is -2.35. The number of aromatic nitrogens is 3. The van der Waals surface area contributed by atoms with Crippen molar-refractivity contribution >= 4 is 51.8 Å². The second kappa shape index (κ2) is 10.5. The summed E-state index contributed by atoms with van der Waals surface area (Å²) in [6.07, 6.45) is 3.00. The molecule has 4 heterocycles. The van der Waals surface area contributed by atoms with Crippen molar-refractivity contribution in [2.24, 2.45) is 4.99 Å². The lowest BCUT2D eigenvalue weighted by Gasteiger charge is -2.18. The highest BCUT2D eigenvalue weighted by Gasteiger charge is 2.24. The average molecular weight is 541 g/mol. The van der Waals surface area contributed by atoms with Gasteiger partial charge < -0.3 is 14.0 Å². The van der Waals surface area contributed by atoms with Gasteiger partial charge in [-0.25, -0.2) is 9.78 Å². The van der Waals surface area contributed by atoms with Crippen LogP contribution in [0.1, 0.15) is 40.5 Å². The molecule has 0 bridgehead atoms. The van der Waals surface area contributed by atoms with E-state index in [1.807, 2.05) is 0 Å². The van der Waals surface area contributed by atoms with Gasteiger partial charge in [-0.3, -0.25) is 14.0 Å². The monoisotopic (exact) mass is 540 g/mol. The van der Waals surface area contributed by atoms with Gasteiger partial charge in [0.2, 0.25) is 0 Å². The van der Waals surface area contributed by atoms with E-state index in [9.17, 15) is 14.4 Å². The maximum Gasteiger partial charge on any atom is 0.341 e. The van der Waals surface area contributed by atoms with Gasteiger partial charge in [0.15, 0.2) is 5.49 Å². The molecule has 1 unspecified atom stereocenters. The van der Waals surface area contributed by atoms with Crippen LogP contribution in [0.2, 0.25) is 10.0 Å². The quantitative estimate of drug-likeness (QED) is 0.279. The molecule has 3 aromatic heterocycles. The number of esters is 1. The third kappa shape index (κ3) is 4.90. The average Bonchev–Trinajstić information content (AvgIpc) is 3.40. The van der Waals surface area contributed by atoms with Crippen LogP contribution >= 0.6 is 23.2 Å². The van der Waals surface area contributed by atoms with Gasteiger partial charge in [0, 0.05) is 17.8 Å². The number of hydrogen-bond acceptors (Lipinski definition) is 6. The summed E-state index contributed by atoms with van der Waals surface area (Å²) >= 11 is 12.3. The number of hydrogen-bond donors (Lipinski definition) is 0. The van der Waals surface area contributed by atoms with Gasteiger partial charge >= 0.3 is 5.97 Å². The Labute approximate surface area is 220 Å². The van der Waals surface area contributed by atoms with Gasteiger partial charge in [-0.2, -0.15) is 4.99 Å². The SMILES string of the molecule is CCOC(=O)c1cc2c(=O)n3ccccc3nc2n(CC2CCCO2)c1=NC(=O)c1cc(Cl)ccc1Cl. The van der Waals surface area contributed by atoms with Crippen LogP contribution in [0.15, 0.2) is 58.4 Å². The second-order valence-corrected chi connectivity index (χ2v) is 9.32. The zero-order valence-electron chi connectivity index (χ0n) is 19.8. The lowest BCUT2D eigenvalue weighted by molar-refractivity contribution is 0.0521. The molecule has 9 nitrogen and oxygen atoms in total. The van der Waals surface area contributed by atoms with Gasteiger partial charge in [0.05, 0.1) is 35.2 Å². The summed E-state index contributed by atoms with van der Waals surface area (Å²) in [7, 11) is 0. The molecule has 1 saturated heterocycles. The summed E-state index contributed by atoms with van der Waals surface area (Å²) in [6.45, 7) is 2.56. The predicted molar refractivity (Wildman–Crippen MR) is 138 cm³/mol. The molecule has 1 aliphatic heterocycles. The summed E-state index contributed by atoms with van der Waals surface area (Å²) in [4.78, 5) is 48.9. The highest BCUT2D eigenvalue weighted by molar-refractivity contribution is 6.35. The van der Waals surface area contributed by atoms with E-state index in [-0.39, 0.29) is 57.5 Å². The minimum absolute atomic E-state index is 0.00493. The molecule has 1 fully saturated rings. The van der Waals surface area contributed by atoms with Gasteiger partial charge in [-0.1, -0.05) is 29.3 Å². The summed E-state index contributed by atoms with van der Waals surface area (Å²) in [5.74, 6) is -1.44. The zero-order chi connectivity index (χ0) is 26.1. The molecule has 0 saturated carbocycles. The minimum atomic E-state index is -0.730. The maximum absolute atomic E-state index is 13.4. The smallest absolute Gasteiger partial charge is 0.341 e. The molecule has 37 heavy (non-hydrogen) atoms. The fourth-order valence-corrected chi connectivity index (χ4v) is 4.71. The molecule has 0 radical (unpaired) electrons. The number of carbonyl (C=O) groups excluding carboxylic acids is 2.